The predicted octanol–water partition coefficient (Wildman–Crippen LogP) is 6.53. The van der Waals surface area contributed by atoms with Crippen molar-refractivity contribution in [3.8, 4) is 5.75 Å². The molecule has 0 fully saturated rings. The van der Waals surface area contributed by atoms with E-state index in [1.807, 2.05) is 17.4 Å². The molecule has 0 amide bonds. The maximum atomic E-state index is 11.4. The van der Waals surface area contributed by atoms with Crippen LogP contribution < -0.4 is 4.74 Å². The van der Waals surface area contributed by atoms with Gasteiger partial charge in [0, 0.05) is 15.2 Å². The van der Waals surface area contributed by atoms with E-state index < -0.39 is 11.2 Å². The zero-order valence-corrected chi connectivity index (χ0v) is 22.1. The minimum Gasteiger partial charge on any atom is -0.614 e. The van der Waals surface area contributed by atoms with Crippen LogP contribution in [0.3, 0.4) is 0 Å². The molecule has 174 valence electrons. The molecule has 0 bridgehead atoms. The lowest BCUT2D eigenvalue weighted by molar-refractivity contribution is 0.0561. The van der Waals surface area contributed by atoms with Gasteiger partial charge in [0.15, 0.2) is 0 Å². The molecule has 0 saturated heterocycles. The Morgan fingerprint density at radius 1 is 1.10 bits per heavy atom. The monoisotopic (exact) mass is 464 g/mol. The minimum atomic E-state index is -0.979. The van der Waals surface area contributed by atoms with E-state index >= 15 is 0 Å². The van der Waals surface area contributed by atoms with Crippen molar-refractivity contribution in [2.75, 3.05) is 12.2 Å². The third-order valence-electron chi connectivity index (χ3n) is 6.45. The van der Waals surface area contributed by atoms with Gasteiger partial charge in [-0.1, -0.05) is 46.8 Å². The summed E-state index contributed by atoms with van der Waals surface area (Å²) in [6, 6.07) is 8.79. The van der Waals surface area contributed by atoms with E-state index in [1.165, 1.54) is 20.9 Å². The van der Waals surface area contributed by atoms with Crippen molar-refractivity contribution in [1.29, 1.82) is 0 Å². The molecule has 0 saturated carbocycles. The van der Waals surface area contributed by atoms with Crippen LogP contribution in [0.2, 0.25) is 0 Å². The molecular formula is C26H40O3S2. The highest BCUT2D eigenvalue weighted by Gasteiger charge is 2.33. The molecule has 1 aromatic heterocycles. The Bertz CT molecular complexity index is 845. The van der Waals surface area contributed by atoms with Gasteiger partial charge in [-0.25, -0.2) is 0 Å². The fourth-order valence-corrected chi connectivity index (χ4v) is 5.94. The maximum absolute atomic E-state index is 11.4. The molecule has 2 rings (SSSR count). The average Bonchev–Trinajstić information content (AvgIpc) is 3.06. The van der Waals surface area contributed by atoms with Gasteiger partial charge in [-0.3, -0.25) is 0 Å². The SMILES string of the molecule is CCC(CC)(c1ccc(OC[S+](C)[O-])c(C)c1)c1cc(C)c(CC[C@@H](O)C(C)(C)C)s1. The standard InChI is InChI=1S/C26H40O3S2/c1-9-26(10-2,20-11-12-21(18(3)15-20)29-17-31(8)28)24-16-19(4)22(30-24)13-14-23(27)25(5,6)7/h11-12,15-16,23,27H,9-10,13-14,17H2,1-8H3/t23-,31?/m1/s1. The molecule has 5 heteroatoms. The lowest BCUT2D eigenvalue weighted by Crippen LogP contribution is -2.26. The van der Waals surface area contributed by atoms with E-state index in [2.05, 4.69) is 66.7 Å². The van der Waals surface area contributed by atoms with Gasteiger partial charge in [-0.15, -0.1) is 11.3 Å². The van der Waals surface area contributed by atoms with E-state index in [9.17, 15) is 9.66 Å². The first-order chi connectivity index (χ1) is 14.4. The fourth-order valence-electron chi connectivity index (χ4n) is 4.11. The molecule has 0 aliphatic rings. The number of aryl methyl sites for hydroxylation is 3. The first kappa shape index (κ1) is 26.2. The zero-order valence-electron chi connectivity index (χ0n) is 20.5. The van der Waals surface area contributed by atoms with Gasteiger partial charge in [-0.2, -0.15) is 0 Å². The highest BCUT2D eigenvalue weighted by Crippen LogP contribution is 2.44. The van der Waals surface area contributed by atoms with Gasteiger partial charge in [0.25, 0.3) is 0 Å². The Balaban J connectivity index is 2.33. The minimum absolute atomic E-state index is 0.0345. The summed E-state index contributed by atoms with van der Waals surface area (Å²) in [7, 11) is 0. The summed E-state index contributed by atoms with van der Waals surface area (Å²) in [4.78, 5) is 2.78. The lowest BCUT2D eigenvalue weighted by Gasteiger charge is -2.32. The Kier molecular flexibility index (Phi) is 9.09. The number of hydrogen-bond donors (Lipinski definition) is 1. The highest BCUT2D eigenvalue weighted by atomic mass is 32.2. The zero-order chi connectivity index (χ0) is 23.4. The van der Waals surface area contributed by atoms with Crippen LogP contribution in [0.1, 0.15) is 80.3 Å². The summed E-state index contributed by atoms with van der Waals surface area (Å²) in [5.74, 6) is 1.03. The van der Waals surface area contributed by atoms with Crippen LogP contribution in [0.4, 0.5) is 0 Å². The van der Waals surface area contributed by atoms with E-state index in [1.54, 1.807) is 6.26 Å². The van der Waals surface area contributed by atoms with Crippen LogP contribution in [0.5, 0.6) is 5.75 Å². The molecule has 1 N–H and O–H groups in total. The molecule has 2 aromatic rings. The van der Waals surface area contributed by atoms with Crippen molar-refractivity contribution in [3.05, 3.63) is 50.7 Å². The Morgan fingerprint density at radius 3 is 2.26 bits per heavy atom. The van der Waals surface area contributed by atoms with Gasteiger partial charge in [0.1, 0.15) is 5.75 Å². The van der Waals surface area contributed by atoms with E-state index in [4.69, 9.17) is 4.74 Å². The summed E-state index contributed by atoms with van der Waals surface area (Å²) >= 11 is 0.925. The number of aliphatic hydroxyl groups excluding tert-OH is 1. The maximum Gasteiger partial charge on any atom is 0.244 e. The third kappa shape index (κ3) is 6.28. The van der Waals surface area contributed by atoms with Crippen molar-refractivity contribution in [3.63, 3.8) is 0 Å². The first-order valence-corrected chi connectivity index (χ1v) is 13.8. The smallest absolute Gasteiger partial charge is 0.244 e. The Hall–Kier alpha value is -1.01. The Morgan fingerprint density at radius 2 is 1.74 bits per heavy atom. The second kappa shape index (κ2) is 10.7. The molecule has 1 aromatic carbocycles. The molecule has 0 spiro atoms. The molecular weight excluding hydrogens is 424 g/mol. The van der Waals surface area contributed by atoms with Gasteiger partial charge in [0.05, 0.1) is 12.4 Å². The molecule has 1 unspecified atom stereocenters. The van der Waals surface area contributed by atoms with Crippen molar-refractivity contribution in [2.45, 2.75) is 85.7 Å². The third-order valence-corrected chi connectivity index (χ3v) is 8.40. The number of benzene rings is 1. The van der Waals surface area contributed by atoms with Crippen molar-refractivity contribution < 1.29 is 14.4 Å². The van der Waals surface area contributed by atoms with Crippen LogP contribution in [0, 0.1) is 19.3 Å². The second-order valence-corrected chi connectivity index (χ2v) is 12.3. The molecule has 0 radical (unpaired) electrons. The molecule has 0 aliphatic heterocycles. The molecule has 0 aliphatic carbocycles. The van der Waals surface area contributed by atoms with E-state index in [0.717, 1.165) is 37.0 Å². The van der Waals surface area contributed by atoms with E-state index in [0.29, 0.717) is 0 Å². The average molecular weight is 465 g/mol. The van der Waals surface area contributed by atoms with Crippen LogP contribution in [-0.2, 0) is 23.0 Å². The predicted molar refractivity (Wildman–Crippen MR) is 135 cm³/mol. The summed E-state index contributed by atoms with van der Waals surface area (Å²) in [5, 5.41) is 10.5. The number of hydrogen-bond acceptors (Lipinski definition) is 4. The van der Waals surface area contributed by atoms with E-state index in [-0.39, 0.29) is 22.9 Å². The molecule has 31 heavy (non-hydrogen) atoms. The summed E-state index contributed by atoms with van der Waals surface area (Å²) in [6.07, 6.45) is 5.10. The normalized spacial score (nSPS) is 14.5. The number of aliphatic hydroxyl groups is 1. The number of thiophene rings is 1. The lowest BCUT2D eigenvalue weighted by atomic mass is 9.74. The Labute approximate surface area is 196 Å². The van der Waals surface area contributed by atoms with Crippen molar-refractivity contribution >= 4 is 22.5 Å². The fraction of sp³-hybridized carbons (Fsp3) is 0.615. The first-order valence-electron chi connectivity index (χ1n) is 11.3. The van der Waals surface area contributed by atoms with Gasteiger partial charge in [0.2, 0.25) is 5.94 Å². The summed E-state index contributed by atoms with van der Waals surface area (Å²) < 4.78 is 17.1. The van der Waals surface area contributed by atoms with Gasteiger partial charge in [-0.05, 0) is 84.9 Å². The highest BCUT2D eigenvalue weighted by molar-refractivity contribution is 7.90. The molecule has 1 heterocycles. The van der Waals surface area contributed by atoms with Gasteiger partial charge < -0.3 is 14.4 Å². The summed E-state index contributed by atoms with van der Waals surface area (Å²) in [5.41, 5.74) is 3.59. The topological polar surface area (TPSA) is 52.5 Å². The largest absolute Gasteiger partial charge is 0.614 e. The summed E-state index contributed by atoms with van der Waals surface area (Å²) in [6.45, 7) is 15.1. The van der Waals surface area contributed by atoms with Crippen LogP contribution >= 0.6 is 11.3 Å². The quantitative estimate of drug-likeness (QED) is 0.407. The number of ether oxygens (including phenoxy) is 1. The number of rotatable bonds is 10. The molecule has 2 atom stereocenters. The second-order valence-electron chi connectivity index (χ2n) is 9.74. The van der Waals surface area contributed by atoms with Crippen LogP contribution in [0.25, 0.3) is 0 Å². The molecule has 3 nitrogen and oxygen atoms in total. The van der Waals surface area contributed by atoms with Crippen molar-refractivity contribution in [1.82, 2.24) is 0 Å². The van der Waals surface area contributed by atoms with Crippen LogP contribution in [0.15, 0.2) is 24.3 Å². The van der Waals surface area contributed by atoms with Crippen LogP contribution in [-0.4, -0.2) is 28.0 Å². The van der Waals surface area contributed by atoms with Crippen molar-refractivity contribution in [2.24, 2.45) is 5.41 Å². The van der Waals surface area contributed by atoms with Gasteiger partial charge >= 0.3 is 0 Å².